The van der Waals surface area contributed by atoms with Crippen LogP contribution in [-0.4, -0.2) is 43.3 Å². The van der Waals surface area contributed by atoms with Gasteiger partial charge in [-0.3, -0.25) is 4.79 Å². The molecule has 1 aromatic heterocycles. The molecule has 0 unspecified atom stereocenters. The van der Waals surface area contributed by atoms with Gasteiger partial charge < -0.3 is 15.5 Å². The number of benzene rings is 1. The van der Waals surface area contributed by atoms with Gasteiger partial charge in [0.15, 0.2) is 5.82 Å². The number of aromatic nitrogens is 2. The van der Waals surface area contributed by atoms with Crippen LogP contribution in [0, 0.1) is 3.57 Å². The quantitative estimate of drug-likeness (QED) is 0.562. The van der Waals surface area contributed by atoms with E-state index in [0.29, 0.717) is 24.5 Å². The summed E-state index contributed by atoms with van der Waals surface area (Å²) in [6.45, 7) is 1.10. The van der Waals surface area contributed by atoms with Crippen molar-refractivity contribution in [2.45, 2.75) is 0 Å². The average Bonchev–Trinajstić information content (AvgIpc) is 2.52. The third kappa shape index (κ3) is 4.55. The molecule has 2 aromatic rings. The molecule has 0 atom stereocenters. The highest BCUT2D eigenvalue weighted by Gasteiger charge is 2.08. The van der Waals surface area contributed by atoms with Crippen molar-refractivity contribution in [3.63, 3.8) is 0 Å². The fourth-order valence-corrected chi connectivity index (χ4v) is 2.43. The number of anilines is 2. The molecular formula is C15H18IN5O. The van der Waals surface area contributed by atoms with Gasteiger partial charge in [-0.2, -0.15) is 5.10 Å². The molecule has 0 saturated carbocycles. The van der Waals surface area contributed by atoms with Crippen LogP contribution in [0.1, 0.15) is 10.4 Å². The maximum absolute atomic E-state index is 12.0. The molecular weight excluding hydrogens is 393 g/mol. The maximum atomic E-state index is 12.0. The molecule has 0 aliphatic rings. The molecule has 0 aliphatic carbocycles. The predicted molar refractivity (Wildman–Crippen MR) is 96.3 cm³/mol. The maximum Gasteiger partial charge on any atom is 0.252 e. The molecule has 6 nitrogen and oxygen atoms in total. The molecule has 0 radical (unpaired) electrons. The summed E-state index contributed by atoms with van der Waals surface area (Å²) in [4.78, 5) is 14.0. The van der Waals surface area contributed by atoms with E-state index >= 15 is 0 Å². The SMILES string of the molecule is CN(C)c1cnnc(NCCNC(=O)c2ccccc2I)c1. The summed E-state index contributed by atoms with van der Waals surface area (Å²) in [5.74, 6) is 0.620. The average molecular weight is 411 g/mol. The zero-order valence-corrected chi connectivity index (χ0v) is 14.7. The Morgan fingerprint density at radius 2 is 2.05 bits per heavy atom. The third-order valence-corrected chi connectivity index (χ3v) is 3.93. The first kappa shape index (κ1) is 16.5. The van der Waals surface area contributed by atoms with Crippen molar-refractivity contribution >= 4 is 40.0 Å². The van der Waals surface area contributed by atoms with Crippen molar-refractivity contribution in [2.24, 2.45) is 0 Å². The number of carbonyl (C=O) groups excluding carboxylic acids is 1. The van der Waals surface area contributed by atoms with E-state index in [9.17, 15) is 4.79 Å². The van der Waals surface area contributed by atoms with Crippen molar-refractivity contribution in [1.29, 1.82) is 0 Å². The minimum absolute atomic E-state index is 0.0695. The van der Waals surface area contributed by atoms with Gasteiger partial charge in [-0.1, -0.05) is 12.1 Å². The minimum atomic E-state index is -0.0695. The lowest BCUT2D eigenvalue weighted by molar-refractivity contribution is 0.0954. The second-order valence-corrected chi connectivity index (χ2v) is 6.02. The van der Waals surface area contributed by atoms with E-state index < -0.39 is 0 Å². The van der Waals surface area contributed by atoms with E-state index in [-0.39, 0.29) is 5.91 Å². The van der Waals surface area contributed by atoms with E-state index in [4.69, 9.17) is 0 Å². The Morgan fingerprint density at radius 1 is 1.27 bits per heavy atom. The Labute approximate surface area is 143 Å². The minimum Gasteiger partial charge on any atom is -0.376 e. The van der Waals surface area contributed by atoms with Crippen LogP contribution in [0.4, 0.5) is 11.5 Å². The number of halogens is 1. The molecule has 1 amide bonds. The van der Waals surface area contributed by atoms with Gasteiger partial charge in [-0.15, -0.1) is 5.10 Å². The van der Waals surface area contributed by atoms with Gasteiger partial charge in [0.25, 0.3) is 5.91 Å². The van der Waals surface area contributed by atoms with Gasteiger partial charge in [-0.05, 0) is 34.7 Å². The lowest BCUT2D eigenvalue weighted by atomic mass is 10.2. The van der Waals surface area contributed by atoms with Crippen LogP contribution in [0.15, 0.2) is 36.5 Å². The monoisotopic (exact) mass is 411 g/mol. The molecule has 0 spiro atoms. The van der Waals surface area contributed by atoms with Crippen molar-refractivity contribution in [2.75, 3.05) is 37.4 Å². The molecule has 7 heteroatoms. The van der Waals surface area contributed by atoms with Crippen molar-refractivity contribution in [3.8, 4) is 0 Å². The van der Waals surface area contributed by atoms with Crippen LogP contribution in [0.3, 0.4) is 0 Å². The first-order chi connectivity index (χ1) is 10.6. The van der Waals surface area contributed by atoms with Crippen molar-refractivity contribution in [1.82, 2.24) is 15.5 Å². The highest BCUT2D eigenvalue weighted by Crippen LogP contribution is 2.12. The van der Waals surface area contributed by atoms with E-state index in [1.54, 1.807) is 6.20 Å². The first-order valence-corrected chi connectivity index (χ1v) is 7.92. The summed E-state index contributed by atoms with van der Waals surface area (Å²) in [5.41, 5.74) is 1.66. The lowest BCUT2D eigenvalue weighted by Crippen LogP contribution is -2.29. The van der Waals surface area contributed by atoms with Gasteiger partial charge in [0, 0.05) is 36.8 Å². The van der Waals surface area contributed by atoms with E-state index in [1.807, 2.05) is 49.3 Å². The largest absolute Gasteiger partial charge is 0.376 e. The molecule has 0 fully saturated rings. The molecule has 0 aliphatic heterocycles. The van der Waals surface area contributed by atoms with Crippen LogP contribution in [0.2, 0.25) is 0 Å². The smallest absolute Gasteiger partial charge is 0.252 e. The van der Waals surface area contributed by atoms with Crippen LogP contribution in [-0.2, 0) is 0 Å². The van der Waals surface area contributed by atoms with Crippen LogP contribution >= 0.6 is 22.6 Å². The molecule has 1 aromatic carbocycles. The second kappa shape index (κ2) is 7.92. The topological polar surface area (TPSA) is 70.2 Å². The lowest BCUT2D eigenvalue weighted by Gasteiger charge is -2.13. The Kier molecular flexibility index (Phi) is 5.93. The Bertz CT molecular complexity index is 647. The third-order valence-electron chi connectivity index (χ3n) is 2.99. The summed E-state index contributed by atoms with van der Waals surface area (Å²) in [6, 6.07) is 9.41. The number of hydrogen-bond donors (Lipinski definition) is 2. The predicted octanol–water partition coefficient (Wildman–Crippen LogP) is 1.99. The number of nitrogens with zero attached hydrogens (tertiary/aromatic N) is 3. The van der Waals surface area contributed by atoms with Crippen molar-refractivity contribution in [3.05, 3.63) is 45.7 Å². The Morgan fingerprint density at radius 3 is 2.77 bits per heavy atom. The van der Waals surface area contributed by atoms with E-state index in [1.165, 1.54) is 0 Å². The second-order valence-electron chi connectivity index (χ2n) is 4.86. The standard InChI is InChI=1S/C15H18IN5O/c1-21(2)11-9-14(20-19-10-11)17-7-8-18-15(22)12-5-3-4-6-13(12)16/h3-6,9-10H,7-8H2,1-2H3,(H,17,20)(H,18,22). The Balaban J connectivity index is 1.81. The van der Waals surface area contributed by atoms with Gasteiger partial charge in [0.2, 0.25) is 0 Å². The van der Waals surface area contributed by atoms with Crippen LogP contribution in [0.5, 0.6) is 0 Å². The summed E-state index contributed by atoms with van der Waals surface area (Å²) < 4.78 is 0.940. The molecule has 0 bridgehead atoms. The number of rotatable bonds is 6. The van der Waals surface area contributed by atoms with Gasteiger partial charge in [0.1, 0.15) is 0 Å². The normalized spacial score (nSPS) is 10.1. The molecule has 1 heterocycles. The molecule has 2 N–H and O–H groups in total. The molecule has 2 rings (SSSR count). The molecule has 116 valence electrons. The Hall–Kier alpha value is -1.90. The van der Waals surface area contributed by atoms with Gasteiger partial charge >= 0.3 is 0 Å². The summed E-state index contributed by atoms with van der Waals surface area (Å²) >= 11 is 2.16. The van der Waals surface area contributed by atoms with Gasteiger partial charge in [-0.25, -0.2) is 0 Å². The highest BCUT2D eigenvalue weighted by molar-refractivity contribution is 14.1. The molecule has 0 saturated heterocycles. The summed E-state index contributed by atoms with van der Waals surface area (Å²) in [7, 11) is 3.89. The fourth-order valence-electron chi connectivity index (χ4n) is 1.79. The van der Waals surface area contributed by atoms with Crippen LogP contribution < -0.4 is 15.5 Å². The van der Waals surface area contributed by atoms with Gasteiger partial charge in [0.05, 0.1) is 17.4 Å². The van der Waals surface area contributed by atoms with E-state index in [2.05, 4.69) is 43.4 Å². The zero-order valence-electron chi connectivity index (χ0n) is 12.5. The number of carbonyl (C=O) groups is 1. The summed E-state index contributed by atoms with van der Waals surface area (Å²) in [5, 5.41) is 14.0. The van der Waals surface area contributed by atoms with Crippen molar-refractivity contribution < 1.29 is 4.79 Å². The number of hydrogen-bond acceptors (Lipinski definition) is 5. The highest BCUT2D eigenvalue weighted by atomic mass is 127. The fraction of sp³-hybridized carbons (Fsp3) is 0.267. The first-order valence-electron chi connectivity index (χ1n) is 6.84. The molecule has 22 heavy (non-hydrogen) atoms. The van der Waals surface area contributed by atoms with Crippen LogP contribution in [0.25, 0.3) is 0 Å². The number of nitrogens with one attached hydrogen (secondary N) is 2. The van der Waals surface area contributed by atoms with E-state index in [0.717, 1.165) is 9.26 Å². The summed E-state index contributed by atoms with van der Waals surface area (Å²) in [6.07, 6.45) is 1.70. The number of amides is 1. The zero-order chi connectivity index (χ0) is 15.9.